The van der Waals surface area contributed by atoms with Gasteiger partial charge in [0.25, 0.3) is 5.69 Å². The number of benzene rings is 2. The third kappa shape index (κ3) is 3.63. The molecule has 0 unspecified atom stereocenters. The van der Waals surface area contributed by atoms with Crippen LogP contribution in [-0.4, -0.2) is 13.3 Å². The van der Waals surface area contributed by atoms with E-state index in [2.05, 4.69) is 0 Å². The zero-order valence-corrected chi connectivity index (χ0v) is 12.5. The molecule has 2 aromatic rings. The zero-order chi connectivity index (χ0) is 15.6. The third-order valence-corrected chi connectivity index (χ3v) is 4.40. The van der Waals surface area contributed by atoms with Gasteiger partial charge in [-0.25, -0.2) is 0 Å². The summed E-state index contributed by atoms with van der Waals surface area (Å²) in [5, 5.41) is 10.9. The number of rotatable bonds is 4. The van der Waals surface area contributed by atoms with E-state index in [4.69, 9.17) is 27.4 Å². The smallest absolute Gasteiger partial charge is 0.340 e. The fourth-order valence-electron chi connectivity index (χ4n) is 1.46. The molecule has 0 atom stereocenters. The number of halogens is 2. The van der Waals surface area contributed by atoms with Crippen molar-refractivity contribution >= 4 is 39.0 Å². The van der Waals surface area contributed by atoms with Crippen LogP contribution in [0.2, 0.25) is 10.0 Å². The number of hydrogen-bond acceptors (Lipinski definition) is 5. The highest BCUT2D eigenvalue weighted by Crippen LogP contribution is 2.29. The Morgan fingerprint density at radius 2 is 1.67 bits per heavy atom. The van der Waals surface area contributed by atoms with Gasteiger partial charge in [-0.1, -0.05) is 23.2 Å². The van der Waals surface area contributed by atoms with Crippen molar-refractivity contribution in [1.82, 2.24) is 0 Å². The molecule has 9 heteroatoms. The summed E-state index contributed by atoms with van der Waals surface area (Å²) in [7, 11) is -4.29. The monoisotopic (exact) mass is 347 g/mol. The lowest BCUT2D eigenvalue weighted by Gasteiger charge is -2.08. The summed E-state index contributed by atoms with van der Waals surface area (Å²) >= 11 is 11.5. The SMILES string of the molecule is O=[N+]([O-])c1ccc(Cl)c(S(=O)(=O)Oc2ccc(Cl)cc2)c1. The zero-order valence-electron chi connectivity index (χ0n) is 10.2. The van der Waals surface area contributed by atoms with Crippen molar-refractivity contribution in [2.75, 3.05) is 0 Å². The van der Waals surface area contributed by atoms with Gasteiger partial charge in [0.1, 0.15) is 10.6 Å². The second kappa shape index (κ2) is 5.88. The van der Waals surface area contributed by atoms with E-state index in [9.17, 15) is 18.5 Å². The fraction of sp³-hybridized carbons (Fsp3) is 0. The summed E-state index contributed by atoms with van der Waals surface area (Å²) in [5.74, 6) is 0.0157. The lowest BCUT2D eigenvalue weighted by Crippen LogP contribution is -2.10. The van der Waals surface area contributed by atoms with Gasteiger partial charge < -0.3 is 4.18 Å². The molecule has 0 spiro atoms. The van der Waals surface area contributed by atoms with E-state index >= 15 is 0 Å². The fourth-order valence-corrected chi connectivity index (χ4v) is 3.01. The van der Waals surface area contributed by atoms with E-state index in [0.29, 0.717) is 5.02 Å². The standard InChI is InChI=1S/C12H7Cl2NO5S/c13-8-1-4-10(5-2-8)20-21(18,19)12-7-9(15(16)17)3-6-11(12)14/h1-7H. The molecule has 6 nitrogen and oxygen atoms in total. The summed E-state index contributed by atoms with van der Waals surface area (Å²) in [6.45, 7) is 0. The second-order valence-electron chi connectivity index (χ2n) is 3.86. The quantitative estimate of drug-likeness (QED) is 0.478. The number of nitro groups is 1. The number of non-ortho nitro benzene ring substituents is 1. The van der Waals surface area contributed by atoms with Crippen LogP contribution in [0.4, 0.5) is 5.69 Å². The molecular formula is C12H7Cl2NO5S. The summed E-state index contributed by atoms with van der Waals surface area (Å²) < 4.78 is 29.1. The Kier molecular flexibility index (Phi) is 4.36. The predicted octanol–water partition coefficient (Wildman–Crippen LogP) is 3.67. The summed E-state index contributed by atoms with van der Waals surface area (Å²) in [4.78, 5) is 9.50. The predicted molar refractivity (Wildman–Crippen MR) is 77.4 cm³/mol. The molecule has 0 aromatic heterocycles. The maximum Gasteiger partial charge on any atom is 0.340 e. The molecule has 21 heavy (non-hydrogen) atoms. The minimum atomic E-state index is -4.29. The van der Waals surface area contributed by atoms with Crippen molar-refractivity contribution in [3.8, 4) is 5.75 Å². The van der Waals surface area contributed by atoms with Crippen LogP contribution in [0.25, 0.3) is 0 Å². The van der Waals surface area contributed by atoms with Crippen molar-refractivity contribution in [3.63, 3.8) is 0 Å². The van der Waals surface area contributed by atoms with Crippen molar-refractivity contribution in [2.24, 2.45) is 0 Å². The van der Waals surface area contributed by atoms with E-state index in [1.54, 1.807) is 0 Å². The van der Waals surface area contributed by atoms with Crippen molar-refractivity contribution in [2.45, 2.75) is 4.90 Å². The first-order valence-electron chi connectivity index (χ1n) is 5.43. The molecule has 110 valence electrons. The Morgan fingerprint density at radius 1 is 1.05 bits per heavy atom. The molecule has 0 radical (unpaired) electrons. The minimum absolute atomic E-state index is 0.0157. The first-order chi connectivity index (χ1) is 9.79. The Balaban J connectivity index is 2.41. The first kappa shape index (κ1) is 15.6. The highest BCUT2D eigenvalue weighted by molar-refractivity contribution is 7.87. The second-order valence-corrected chi connectivity index (χ2v) is 6.22. The summed E-state index contributed by atoms with van der Waals surface area (Å²) in [6, 6.07) is 8.66. The summed E-state index contributed by atoms with van der Waals surface area (Å²) in [5.41, 5.74) is -0.405. The van der Waals surface area contributed by atoms with Gasteiger partial charge in [-0.15, -0.1) is 0 Å². The molecule has 0 aliphatic carbocycles. The topological polar surface area (TPSA) is 86.5 Å². The largest absolute Gasteiger partial charge is 0.379 e. The van der Waals surface area contributed by atoms with Gasteiger partial charge in [-0.05, 0) is 30.3 Å². The van der Waals surface area contributed by atoms with E-state index in [1.165, 1.54) is 24.3 Å². The van der Waals surface area contributed by atoms with Gasteiger partial charge in [0.05, 0.1) is 9.95 Å². The Labute approximate surface area is 130 Å². The van der Waals surface area contributed by atoms with Gasteiger partial charge in [-0.3, -0.25) is 10.1 Å². The van der Waals surface area contributed by atoms with Crippen LogP contribution in [0.1, 0.15) is 0 Å². The number of nitrogens with zero attached hydrogens (tertiary/aromatic N) is 1. The van der Waals surface area contributed by atoms with Crippen LogP contribution in [-0.2, 0) is 10.1 Å². The molecule has 0 aliphatic heterocycles. The lowest BCUT2D eigenvalue weighted by molar-refractivity contribution is -0.385. The van der Waals surface area contributed by atoms with Gasteiger partial charge in [0.2, 0.25) is 0 Å². The molecule has 0 fully saturated rings. The molecule has 0 N–H and O–H groups in total. The maximum absolute atomic E-state index is 12.1. The molecule has 0 amide bonds. The van der Waals surface area contributed by atoms with Crippen molar-refractivity contribution < 1.29 is 17.5 Å². The number of hydrogen-bond donors (Lipinski definition) is 0. The van der Waals surface area contributed by atoms with Crippen LogP contribution < -0.4 is 4.18 Å². The van der Waals surface area contributed by atoms with E-state index < -0.39 is 25.6 Å². The van der Waals surface area contributed by atoms with Gasteiger partial charge in [0.15, 0.2) is 0 Å². The molecule has 0 aliphatic rings. The van der Waals surface area contributed by atoms with Crippen LogP contribution >= 0.6 is 23.2 Å². The van der Waals surface area contributed by atoms with Gasteiger partial charge >= 0.3 is 10.1 Å². The van der Waals surface area contributed by atoms with Crippen LogP contribution in [0, 0.1) is 10.1 Å². The maximum atomic E-state index is 12.1. The molecule has 0 saturated carbocycles. The van der Waals surface area contributed by atoms with Crippen molar-refractivity contribution in [1.29, 1.82) is 0 Å². The average Bonchev–Trinajstić information content (AvgIpc) is 2.41. The highest BCUT2D eigenvalue weighted by Gasteiger charge is 2.23. The summed E-state index contributed by atoms with van der Waals surface area (Å²) in [6.07, 6.45) is 0. The van der Waals surface area contributed by atoms with Crippen LogP contribution in [0.5, 0.6) is 5.75 Å². The van der Waals surface area contributed by atoms with E-state index in [0.717, 1.165) is 18.2 Å². The van der Waals surface area contributed by atoms with Crippen LogP contribution in [0.15, 0.2) is 47.4 Å². The first-order valence-corrected chi connectivity index (χ1v) is 7.60. The van der Waals surface area contributed by atoms with E-state index in [1.807, 2.05) is 0 Å². The number of nitro benzene ring substituents is 1. The molecular weight excluding hydrogens is 341 g/mol. The van der Waals surface area contributed by atoms with E-state index in [-0.39, 0.29) is 10.8 Å². The van der Waals surface area contributed by atoms with Gasteiger partial charge in [0, 0.05) is 17.2 Å². The molecule has 0 heterocycles. The Bertz CT molecular complexity index is 790. The Hall–Kier alpha value is -1.83. The molecule has 0 saturated heterocycles. The average molecular weight is 348 g/mol. The van der Waals surface area contributed by atoms with Gasteiger partial charge in [-0.2, -0.15) is 8.42 Å². The lowest BCUT2D eigenvalue weighted by atomic mass is 10.3. The third-order valence-electron chi connectivity index (χ3n) is 2.41. The minimum Gasteiger partial charge on any atom is -0.379 e. The molecule has 2 rings (SSSR count). The highest BCUT2D eigenvalue weighted by atomic mass is 35.5. The molecule has 0 bridgehead atoms. The van der Waals surface area contributed by atoms with Crippen LogP contribution in [0.3, 0.4) is 0 Å². The normalized spacial score (nSPS) is 11.1. The molecule has 2 aromatic carbocycles. The Morgan fingerprint density at radius 3 is 2.24 bits per heavy atom. The van der Waals surface area contributed by atoms with Crippen molar-refractivity contribution in [3.05, 3.63) is 62.6 Å².